The van der Waals surface area contributed by atoms with Crippen LogP contribution in [0.4, 0.5) is 0 Å². The molecule has 7 heteroatoms. The van der Waals surface area contributed by atoms with Crippen molar-refractivity contribution in [1.29, 1.82) is 0 Å². The van der Waals surface area contributed by atoms with Crippen LogP contribution >= 0.6 is 23.2 Å². The smallest absolute Gasteiger partial charge is 0.257 e. The molecular weight excluding hydrogens is 399 g/mol. The number of hydrogen-bond acceptors (Lipinski definition) is 4. The number of amides is 1. The highest BCUT2D eigenvalue weighted by Crippen LogP contribution is 2.27. The molecule has 1 N–H and O–H groups in total. The summed E-state index contributed by atoms with van der Waals surface area (Å²) in [7, 11) is 0. The predicted octanol–water partition coefficient (Wildman–Crippen LogP) is 3.95. The molecule has 150 valence electrons. The number of rotatable bonds is 8. The van der Waals surface area contributed by atoms with Gasteiger partial charge >= 0.3 is 0 Å². The summed E-state index contributed by atoms with van der Waals surface area (Å²) >= 11 is 11.9. The summed E-state index contributed by atoms with van der Waals surface area (Å²) in [5, 5.41) is 3.79. The van der Waals surface area contributed by atoms with E-state index in [-0.39, 0.29) is 18.6 Å². The van der Waals surface area contributed by atoms with E-state index >= 15 is 0 Å². The topological polar surface area (TPSA) is 50.8 Å². The van der Waals surface area contributed by atoms with Crippen molar-refractivity contribution in [3.8, 4) is 5.75 Å². The zero-order chi connectivity index (χ0) is 19.8. The second-order valence-electron chi connectivity index (χ2n) is 6.64. The Labute approximate surface area is 175 Å². The highest BCUT2D eigenvalue weighted by Gasteiger charge is 2.21. The van der Waals surface area contributed by atoms with Crippen LogP contribution < -0.4 is 10.1 Å². The molecule has 28 heavy (non-hydrogen) atoms. The molecule has 2 aromatic carbocycles. The number of nitrogens with zero attached hydrogens (tertiary/aromatic N) is 1. The van der Waals surface area contributed by atoms with Crippen LogP contribution in [0.2, 0.25) is 10.0 Å². The third kappa shape index (κ3) is 6.38. The van der Waals surface area contributed by atoms with E-state index in [1.54, 1.807) is 18.2 Å². The number of halogens is 2. The molecule has 1 saturated heterocycles. The van der Waals surface area contributed by atoms with Crippen LogP contribution in [-0.4, -0.2) is 50.2 Å². The van der Waals surface area contributed by atoms with Crippen molar-refractivity contribution >= 4 is 29.1 Å². The van der Waals surface area contributed by atoms with Gasteiger partial charge in [-0.1, -0.05) is 53.5 Å². The summed E-state index contributed by atoms with van der Waals surface area (Å²) in [6.45, 7) is 3.95. The molecule has 1 amide bonds. The zero-order valence-corrected chi connectivity index (χ0v) is 17.1. The lowest BCUT2D eigenvalue weighted by atomic mass is 10.1. The average molecular weight is 423 g/mol. The van der Waals surface area contributed by atoms with Crippen molar-refractivity contribution in [2.24, 2.45) is 0 Å². The minimum absolute atomic E-state index is 0.0744. The van der Waals surface area contributed by atoms with Gasteiger partial charge < -0.3 is 14.8 Å². The van der Waals surface area contributed by atoms with Gasteiger partial charge in [0.15, 0.2) is 6.61 Å². The molecule has 1 unspecified atom stereocenters. The van der Waals surface area contributed by atoms with E-state index in [0.717, 1.165) is 32.7 Å². The Bertz CT molecular complexity index is 774. The highest BCUT2D eigenvalue weighted by molar-refractivity contribution is 6.35. The first-order valence-electron chi connectivity index (χ1n) is 9.35. The molecule has 1 atom stereocenters. The summed E-state index contributed by atoms with van der Waals surface area (Å²) in [6.07, 6.45) is 0.983. The van der Waals surface area contributed by atoms with Crippen molar-refractivity contribution in [2.75, 3.05) is 39.4 Å². The molecular formula is C21H24Cl2N2O3. The molecule has 0 spiro atoms. The van der Waals surface area contributed by atoms with Crippen molar-refractivity contribution < 1.29 is 14.3 Å². The lowest BCUT2D eigenvalue weighted by Crippen LogP contribution is -2.40. The average Bonchev–Trinajstić information content (AvgIpc) is 2.71. The molecule has 3 rings (SSSR count). The van der Waals surface area contributed by atoms with Crippen LogP contribution in [0.1, 0.15) is 18.1 Å². The Morgan fingerprint density at radius 2 is 2.04 bits per heavy atom. The summed E-state index contributed by atoms with van der Waals surface area (Å²) in [6, 6.07) is 15.2. The van der Waals surface area contributed by atoms with Crippen LogP contribution in [0.25, 0.3) is 0 Å². The standard InChI is InChI=1S/C21H24Cl2N2O3/c22-17-7-8-19(18(23)13-17)28-15-21(26)24-9-4-10-25-11-12-27-20(14-25)16-5-2-1-3-6-16/h1-3,5-8,13,20H,4,9-12,14-15H2,(H,24,26). The maximum atomic E-state index is 11.9. The largest absolute Gasteiger partial charge is 0.482 e. The molecule has 0 aliphatic carbocycles. The Kier molecular flexibility index (Phi) is 7.98. The van der Waals surface area contributed by atoms with Gasteiger partial charge in [-0.15, -0.1) is 0 Å². The van der Waals surface area contributed by atoms with Gasteiger partial charge in [0, 0.05) is 31.2 Å². The molecule has 0 saturated carbocycles. The summed E-state index contributed by atoms with van der Waals surface area (Å²) in [5.41, 5.74) is 1.21. The Balaban J connectivity index is 1.33. The van der Waals surface area contributed by atoms with Gasteiger partial charge in [0.05, 0.1) is 17.7 Å². The second kappa shape index (κ2) is 10.7. The first-order valence-corrected chi connectivity index (χ1v) is 10.1. The molecule has 1 aliphatic heterocycles. The molecule has 5 nitrogen and oxygen atoms in total. The normalized spacial score (nSPS) is 17.3. The van der Waals surface area contributed by atoms with E-state index in [0.29, 0.717) is 22.3 Å². The van der Waals surface area contributed by atoms with Gasteiger partial charge in [-0.25, -0.2) is 0 Å². The van der Waals surface area contributed by atoms with E-state index in [2.05, 4.69) is 22.3 Å². The van der Waals surface area contributed by atoms with Gasteiger partial charge in [0.25, 0.3) is 5.91 Å². The van der Waals surface area contributed by atoms with Crippen LogP contribution in [0.15, 0.2) is 48.5 Å². The number of carbonyl (C=O) groups excluding carboxylic acids is 1. The number of hydrogen-bond donors (Lipinski definition) is 1. The number of benzene rings is 2. The fraction of sp³-hybridized carbons (Fsp3) is 0.381. The lowest BCUT2D eigenvalue weighted by Gasteiger charge is -2.33. The van der Waals surface area contributed by atoms with E-state index < -0.39 is 0 Å². The van der Waals surface area contributed by atoms with Gasteiger partial charge in [-0.05, 0) is 30.2 Å². The Hall–Kier alpha value is -1.79. The predicted molar refractivity (Wildman–Crippen MR) is 111 cm³/mol. The zero-order valence-electron chi connectivity index (χ0n) is 15.6. The monoisotopic (exact) mass is 422 g/mol. The van der Waals surface area contributed by atoms with Gasteiger partial charge in [0.2, 0.25) is 0 Å². The number of carbonyl (C=O) groups is 1. The van der Waals surface area contributed by atoms with Gasteiger partial charge in [-0.2, -0.15) is 0 Å². The minimum atomic E-state index is -0.171. The Morgan fingerprint density at radius 3 is 2.82 bits per heavy atom. The maximum absolute atomic E-state index is 11.9. The summed E-state index contributed by atoms with van der Waals surface area (Å²) in [5.74, 6) is 0.275. The fourth-order valence-corrected chi connectivity index (χ4v) is 3.56. The highest BCUT2D eigenvalue weighted by atomic mass is 35.5. The van der Waals surface area contributed by atoms with E-state index in [9.17, 15) is 4.79 Å². The van der Waals surface area contributed by atoms with Crippen LogP contribution in [-0.2, 0) is 9.53 Å². The first kappa shape index (κ1) is 20.9. The summed E-state index contributed by atoms with van der Waals surface area (Å²) < 4.78 is 11.3. The second-order valence-corrected chi connectivity index (χ2v) is 7.48. The molecule has 0 aromatic heterocycles. The number of morpholine rings is 1. The number of nitrogens with one attached hydrogen (secondary N) is 1. The SMILES string of the molecule is O=C(COc1ccc(Cl)cc1Cl)NCCCN1CCOC(c2ccccc2)C1. The summed E-state index contributed by atoms with van der Waals surface area (Å²) in [4.78, 5) is 14.3. The van der Waals surface area contributed by atoms with Crippen LogP contribution in [0, 0.1) is 0 Å². The van der Waals surface area contributed by atoms with Crippen LogP contribution in [0.3, 0.4) is 0 Å². The maximum Gasteiger partial charge on any atom is 0.257 e. The Morgan fingerprint density at radius 1 is 1.21 bits per heavy atom. The van der Waals surface area contributed by atoms with E-state index in [1.165, 1.54) is 5.56 Å². The minimum Gasteiger partial charge on any atom is -0.482 e. The molecule has 0 radical (unpaired) electrons. The third-order valence-corrected chi connectivity index (χ3v) is 5.08. The first-order chi connectivity index (χ1) is 13.6. The van der Waals surface area contributed by atoms with E-state index in [1.807, 2.05) is 18.2 Å². The molecule has 1 heterocycles. The third-order valence-electron chi connectivity index (χ3n) is 4.55. The number of ether oxygens (including phenoxy) is 2. The van der Waals surface area contributed by atoms with E-state index in [4.69, 9.17) is 32.7 Å². The molecule has 2 aromatic rings. The van der Waals surface area contributed by atoms with Gasteiger partial charge in [0.1, 0.15) is 5.75 Å². The quantitative estimate of drug-likeness (QED) is 0.654. The van der Waals surface area contributed by atoms with Crippen molar-refractivity contribution in [3.63, 3.8) is 0 Å². The van der Waals surface area contributed by atoms with Crippen molar-refractivity contribution in [3.05, 3.63) is 64.1 Å². The molecule has 1 aliphatic rings. The molecule has 0 bridgehead atoms. The van der Waals surface area contributed by atoms with Gasteiger partial charge in [-0.3, -0.25) is 9.69 Å². The van der Waals surface area contributed by atoms with Crippen molar-refractivity contribution in [2.45, 2.75) is 12.5 Å². The fourth-order valence-electron chi connectivity index (χ4n) is 3.09. The van der Waals surface area contributed by atoms with Crippen molar-refractivity contribution in [1.82, 2.24) is 10.2 Å². The lowest BCUT2D eigenvalue weighted by molar-refractivity contribution is -0.123. The van der Waals surface area contributed by atoms with Crippen LogP contribution in [0.5, 0.6) is 5.75 Å². The molecule has 1 fully saturated rings.